The minimum absolute atomic E-state index is 0.0805. The fraction of sp³-hybridized carbons (Fsp3) is 0.889. The highest BCUT2D eigenvalue weighted by Gasteiger charge is 2.23. The van der Waals surface area contributed by atoms with E-state index in [2.05, 4.69) is 0 Å². The molecule has 1 N–H and O–H groups in total. The third-order valence-corrected chi connectivity index (χ3v) is 2.12. The predicted octanol–water partition coefficient (Wildman–Crippen LogP) is 1.67. The Bertz CT molecular complexity index is 152. The lowest BCUT2D eigenvalue weighted by Crippen LogP contribution is -2.17. The highest BCUT2D eigenvalue weighted by atomic mass is 16.5. The van der Waals surface area contributed by atoms with Crippen LogP contribution in [-0.2, 0) is 9.53 Å². The summed E-state index contributed by atoms with van der Waals surface area (Å²) in [7, 11) is 0. The second-order valence-electron chi connectivity index (χ2n) is 3.40. The molecule has 0 bridgehead atoms. The number of rotatable bonds is 6. The van der Waals surface area contributed by atoms with E-state index in [1.807, 2.05) is 6.92 Å². The summed E-state index contributed by atoms with van der Waals surface area (Å²) in [6, 6.07) is 0. The number of hydrogen-bond acceptors (Lipinski definition) is 2. The molecule has 1 rings (SSSR count). The van der Waals surface area contributed by atoms with Gasteiger partial charge in [0, 0.05) is 6.61 Å². The molecule has 1 saturated carbocycles. The molecule has 1 aliphatic rings. The van der Waals surface area contributed by atoms with Crippen molar-refractivity contribution in [1.29, 1.82) is 0 Å². The number of carbonyl (C=O) groups is 1. The van der Waals surface area contributed by atoms with Gasteiger partial charge in [0.2, 0.25) is 0 Å². The van der Waals surface area contributed by atoms with E-state index < -0.39 is 5.97 Å². The third-order valence-electron chi connectivity index (χ3n) is 2.12. The third kappa shape index (κ3) is 3.72. The van der Waals surface area contributed by atoms with Crippen LogP contribution < -0.4 is 0 Å². The molecule has 0 radical (unpaired) electrons. The van der Waals surface area contributed by atoms with Gasteiger partial charge >= 0.3 is 5.97 Å². The maximum atomic E-state index is 10.3. The second kappa shape index (κ2) is 4.45. The zero-order valence-corrected chi connectivity index (χ0v) is 7.45. The Morgan fingerprint density at radius 1 is 1.67 bits per heavy atom. The van der Waals surface area contributed by atoms with Crippen LogP contribution in [0.1, 0.15) is 32.6 Å². The smallest absolute Gasteiger partial charge is 0.305 e. The van der Waals surface area contributed by atoms with E-state index in [0.717, 1.165) is 13.0 Å². The summed E-state index contributed by atoms with van der Waals surface area (Å²) >= 11 is 0. The lowest BCUT2D eigenvalue weighted by molar-refractivity contribution is -0.140. The Morgan fingerprint density at radius 3 is 2.75 bits per heavy atom. The number of aliphatic carboxylic acids is 1. The van der Waals surface area contributed by atoms with E-state index in [0.29, 0.717) is 5.92 Å². The van der Waals surface area contributed by atoms with Crippen LogP contribution in [0.5, 0.6) is 0 Å². The molecule has 0 heterocycles. The Morgan fingerprint density at radius 2 is 2.33 bits per heavy atom. The van der Waals surface area contributed by atoms with Gasteiger partial charge in [0.25, 0.3) is 0 Å². The van der Waals surface area contributed by atoms with Crippen molar-refractivity contribution < 1.29 is 14.6 Å². The van der Waals surface area contributed by atoms with Gasteiger partial charge in [-0.1, -0.05) is 6.92 Å². The van der Waals surface area contributed by atoms with Crippen LogP contribution in [0.4, 0.5) is 0 Å². The van der Waals surface area contributed by atoms with Gasteiger partial charge in [-0.2, -0.15) is 0 Å². The molecular formula is C9H16O3. The van der Waals surface area contributed by atoms with Gasteiger partial charge in [-0.15, -0.1) is 0 Å². The lowest BCUT2D eigenvalue weighted by atomic mass is 10.2. The first kappa shape index (κ1) is 9.52. The van der Waals surface area contributed by atoms with Crippen LogP contribution in [0.25, 0.3) is 0 Å². The number of carboxylic acids is 1. The number of carboxylic acid groups (broad SMARTS) is 1. The van der Waals surface area contributed by atoms with Crippen molar-refractivity contribution >= 4 is 5.97 Å². The van der Waals surface area contributed by atoms with Crippen LogP contribution in [0.2, 0.25) is 0 Å². The van der Waals surface area contributed by atoms with Gasteiger partial charge < -0.3 is 9.84 Å². The maximum absolute atomic E-state index is 10.3. The maximum Gasteiger partial charge on any atom is 0.305 e. The van der Waals surface area contributed by atoms with Crippen molar-refractivity contribution in [2.75, 3.05) is 6.61 Å². The van der Waals surface area contributed by atoms with Crippen LogP contribution >= 0.6 is 0 Å². The molecule has 1 fully saturated rings. The normalized spacial score (nSPS) is 19.1. The van der Waals surface area contributed by atoms with E-state index in [-0.39, 0.29) is 12.5 Å². The predicted molar refractivity (Wildman–Crippen MR) is 45.0 cm³/mol. The summed E-state index contributed by atoms with van der Waals surface area (Å²) in [6.45, 7) is 2.71. The van der Waals surface area contributed by atoms with E-state index in [4.69, 9.17) is 9.84 Å². The standard InChI is InChI=1S/C9H16O3/c1-2-8(5-9(10)11)12-6-7-3-4-7/h7-8H,2-6H2,1H3,(H,10,11). The molecule has 0 amide bonds. The van der Waals surface area contributed by atoms with E-state index in [1.165, 1.54) is 12.8 Å². The average molecular weight is 172 g/mol. The fourth-order valence-corrected chi connectivity index (χ4v) is 1.07. The molecule has 3 nitrogen and oxygen atoms in total. The van der Waals surface area contributed by atoms with Crippen molar-refractivity contribution in [3.05, 3.63) is 0 Å². The molecule has 1 aliphatic carbocycles. The minimum atomic E-state index is -0.766. The van der Waals surface area contributed by atoms with Crippen molar-refractivity contribution in [2.45, 2.75) is 38.7 Å². The van der Waals surface area contributed by atoms with Crippen molar-refractivity contribution in [3.63, 3.8) is 0 Å². The summed E-state index contributed by atoms with van der Waals surface area (Å²) in [5, 5.41) is 8.52. The van der Waals surface area contributed by atoms with Gasteiger partial charge in [-0.25, -0.2) is 0 Å². The Hall–Kier alpha value is -0.570. The Labute approximate surface area is 72.7 Å². The molecule has 0 aromatic heterocycles. The fourth-order valence-electron chi connectivity index (χ4n) is 1.07. The first-order chi connectivity index (χ1) is 5.72. The molecule has 1 unspecified atom stereocenters. The van der Waals surface area contributed by atoms with Crippen LogP contribution in [0, 0.1) is 5.92 Å². The van der Waals surface area contributed by atoms with Crippen molar-refractivity contribution in [2.24, 2.45) is 5.92 Å². The highest BCUT2D eigenvalue weighted by molar-refractivity contribution is 5.67. The molecule has 0 saturated heterocycles. The van der Waals surface area contributed by atoms with Crippen LogP contribution in [0.15, 0.2) is 0 Å². The molecule has 0 aromatic rings. The summed E-state index contributed by atoms with van der Waals surface area (Å²) in [5.41, 5.74) is 0. The lowest BCUT2D eigenvalue weighted by Gasteiger charge is -2.12. The van der Waals surface area contributed by atoms with E-state index in [9.17, 15) is 4.79 Å². The molecule has 0 spiro atoms. The molecule has 0 aliphatic heterocycles. The first-order valence-electron chi connectivity index (χ1n) is 4.55. The van der Waals surface area contributed by atoms with E-state index in [1.54, 1.807) is 0 Å². The molecular weight excluding hydrogens is 156 g/mol. The molecule has 12 heavy (non-hydrogen) atoms. The van der Waals surface area contributed by atoms with Crippen molar-refractivity contribution in [3.8, 4) is 0 Å². The summed E-state index contributed by atoms with van der Waals surface area (Å²) < 4.78 is 5.45. The van der Waals surface area contributed by atoms with Crippen LogP contribution in [0.3, 0.4) is 0 Å². The van der Waals surface area contributed by atoms with Gasteiger partial charge in [-0.3, -0.25) is 4.79 Å². The number of hydrogen-bond donors (Lipinski definition) is 1. The Balaban J connectivity index is 2.10. The molecule has 3 heteroatoms. The second-order valence-corrected chi connectivity index (χ2v) is 3.40. The average Bonchev–Trinajstić information content (AvgIpc) is 2.80. The van der Waals surface area contributed by atoms with Gasteiger partial charge in [0.05, 0.1) is 12.5 Å². The van der Waals surface area contributed by atoms with Gasteiger partial charge in [0.15, 0.2) is 0 Å². The minimum Gasteiger partial charge on any atom is -0.481 e. The topological polar surface area (TPSA) is 46.5 Å². The summed E-state index contributed by atoms with van der Waals surface area (Å²) in [4.78, 5) is 10.3. The quantitative estimate of drug-likeness (QED) is 0.662. The van der Waals surface area contributed by atoms with Crippen LogP contribution in [-0.4, -0.2) is 23.8 Å². The van der Waals surface area contributed by atoms with Crippen molar-refractivity contribution in [1.82, 2.24) is 0 Å². The summed E-state index contributed by atoms with van der Waals surface area (Å²) in [6.07, 6.45) is 3.36. The summed E-state index contributed by atoms with van der Waals surface area (Å²) in [5.74, 6) is -0.0505. The first-order valence-corrected chi connectivity index (χ1v) is 4.55. The van der Waals surface area contributed by atoms with Gasteiger partial charge in [0.1, 0.15) is 0 Å². The Kier molecular flexibility index (Phi) is 3.53. The molecule has 1 atom stereocenters. The largest absolute Gasteiger partial charge is 0.481 e. The highest BCUT2D eigenvalue weighted by Crippen LogP contribution is 2.29. The van der Waals surface area contributed by atoms with E-state index >= 15 is 0 Å². The number of ether oxygens (including phenoxy) is 1. The molecule has 70 valence electrons. The zero-order chi connectivity index (χ0) is 8.97. The molecule has 0 aromatic carbocycles. The zero-order valence-electron chi connectivity index (χ0n) is 7.45. The monoisotopic (exact) mass is 172 g/mol. The SMILES string of the molecule is CCC(CC(=O)O)OCC1CC1. The van der Waals surface area contributed by atoms with Gasteiger partial charge in [-0.05, 0) is 25.2 Å².